The van der Waals surface area contributed by atoms with Crippen molar-refractivity contribution >= 4 is 17.0 Å². The van der Waals surface area contributed by atoms with E-state index in [1.807, 2.05) is 0 Å². The maximum atomic E-state index is 11.7. The minimum absolute atomic E-state index is 0.122. The molecule has 2 rings (SSSR count). The highest BCUT2D eigenvalue weighted by Crippen LogP contribution is 2.20. The molecule has 1 heterocycles. The van der Waals surface area contributed by atoms with Crippen molar-refractivity contribution in [3.05, 3.63) is 24.5 Å². The summed E-state index contributed by atoms with van der Waals surface area (Å²) >= 11 is 0. The molecular weight excluding hydrogens is 232 g/mol. The number of phenolic OH excluding ortho intramolecular Hbond substituents is 1. The molecule has 18 heavy (non-hydrogen) atoms. The second-order valence-corrected chi connectivity index (χ2v) is 5.20. The van der Waals surface area contributed by atoms with E-state index in [-0.39, 0.29) is 18.4 Å². The average molecular weight is 248 g/mol. The standard InChI is InChI=1S/C13H16N2O3/c1-13(2,3)12(17)18-8-15-7-14-10-6-9(16)4-5-11(10)15/h4-7,16H,8H2,1-3H3. The maximum Gasteiger partial charge on any atom is 0.312 e. The summed E-state index contributed by atoms with van der Waals surface area (Å²) in [6.45, 7) is 5.54. The third-order valence-corrected chi connectivity index (χ3v) is 2.55. The van der Waals surface area contributed by atoms with Gasteiger partial charge in [0.1, 0.15) is 5.75 Å². The molecule has 1 aromatic heterocycles. The van der Waals surface area contributed by atoms with Crippen LogP contribution in [0.1, 0.15) is 20.8 Å². The molecule has 0 radical (unpaired) electrons. The Hall–Kier alpha value is -2.04. The minimum Gasteiger partial charge on any atom is -0.508 e. The first kappa shape index (κ1) is 12.4. The lowest BCUT2D eigenvalue weighted by Gasteiger charge is -2.16. The van der Waals surface area contributed by atoms with Crippen molar-refractivity contribution in [3.8, 4) is 5.75 Å². The highest BCUT2D eigenvalue weighted by Gasteiger charge is 2.23. The summed E-state index contributed by atoms with van der Waals surface area (Å²) in [5.74, 6) is -0.0948. The fourth-order valence-electron chi connectivity index (χ4n) is 1.50. The number of hydrogen-bond acceptors (Lipinski definition) is 4. The van der Waals surface area contributed by atoms with Gasteiger partial charge in [-0.1, -0.05) is 0 Å². The normalized spacial score (nSPS) is 11.7. The van der Waals surface area contributed by atoms with Gasteiger partial charge in [-0.25, -0.2) is 4.98 Å². The molecular formula is C13H16N2O3. The lowest BCUT2D eigenvalue weighted by molar-refractivity contribution is -0.156. The highest BCUT2D eigenvalue weighted by atomic mass is 16.5. The highest BCUT2D eigenvalue weighted by molar-refractivity contribution is 5.77. The van der Waals surface area contributed by atoms with Gasteiger partial charge in [0.25, 0.3) is 0 Å². The first-order chi connectivity index (χ1) is 8.38. The van der Waals surface area contributed by atoms with Crippen LogP contribution in [0.3, 0.4) is 0 Å². The number of carbonyl (C=O) groups excluding carboxylic acids is 1. The van der Waals surface area contributed by atoms with Gasteiger partial charge in [0, 0.05) is 6.07 Å². The van der Waals surface area contributed by atoms with Gasteiger partial charge in [0.05, 0.1) is 22.8 Å². The summed E-state index contributed by atoms with van der Waals surface area (Å²) in [6.07, 6.45) is 1.58. The summed E-state index contributed by atoms with van der Waals surface area (Å²) in [6, 6.07) is 4.88. The number of aromatic hydroxyl groups is 1. The van der Waals surface area contributed by atoms with Gasteiger partial charge in [0.15, 0.2) is 6.73 Å². The smallest absolute Gasteiger partial charge is 0.312 e. The van der Waals surface area contributed by atoms with Gasteiger partial charge in [-0.05, 0) is 32.9 Å². The van der Waals surface area contributed by atoms with Crippen molar-refractivity contribution < 1.29 is 14.6 Å². The number of ether oxygens (including phenoxy) is 1. The minimum atomic E-state index is -0.519. The van der Waals surface area contributed by atoms with Crippen LogP contribution in [0, 0.1) is 5.41 Å². The van der Waals surface area contributed by atoms with E-state index >= 15 is 0 Å². The lowest BCUT2D eigenvalue weighted by atomic mass is 9.98. The van der Waals surface area contributed by atoms with Crippen molar-refractivity contribution in [3.63, 3.8) is 0 Å². The van der Waals surface area contributed by atoms with Crippen molar-refractivity contribution in [2.24, 2.45) is 5.41 Å². The Morgan fingerprint density at radius 1 is 1.44 bits per heavy atom. The number of fused-ring (bicyclic) bond motifs is 1. The predicted molar refractivity (Wildman–Crippen MR) is 66.9 cm³/mol. The van der Waals surface area contributed by atoms with Crippen LogP contribution < -0.4 is 0 Å². The fourth-order valence-corrected chi connectivity index (χ4v) is 1.50. The van der Waals surface area contributed by atoms with E-state index in [0.717, 1.165) is 5.52 Å². The number of imidazole rings is 1. The quantitative estimate of drug-likeness (QED) is 0.828. The first-order valence-electron chi connectivity index (χ1n) is 5.69. The zero-order valence-corrected chi connectivity index (χ0v) is 10.7. The lowest BCUT2D eigenvalue weighted by Crippen LogP contribution is -2.23. The van der Waals surface area contributed by atoms with Gasteiger partial charge in [-0.3, -0.25) is 9.36 Å². The third kappa shape index (κ3) is 2.45. The van der Waals surface area contributed by atoms with E-state index in [1.165, 1.54) is 0 Å². The Bertz CT molecular complexity index is 581. The summed E-state index contributed by atoms with van der Waals surface area (Å²) < 4.78 is 6.93. The Kier molecular flexibility index (Phi) is 2.98. The number of rotatable bonds is 2. The average Bonchev–Trinajstić information content (AvgIpc) is 2.66. The zero-order valence-electron chi connectivity index (χ0n) is 10.7. The van der Waals surface area contributed by atoms with Crippen LogP contribution >= 0.6 is 0 Å². The summed E-state index contributed by atoms with van der Waals surface area (Å²) in [5.41, 5.74) is 0.964. The van der Waals surface area contributed by atoms with Crippen LogP contribution in [-0.2, 0) is 16.3 Å². The molecule has 0 amide bonds. The molecule has 5 heteroatoms. The van der Waals surface area contributed by atoms with Crippen LogP contribution in [0.4, 0.5) is 0 Å². The third-order valence-electron chi connectivity index (χ3n) is 2.55. The van der Waals surface area contributed by atoms with Crippen LogP contribution in [-0.4, -0.2) is 20.6 Å². The number of aromatic nitrogens is 2. The number of benzene rings is 1. The molecule has 0 unspecified atom stereocenters. The van der Waals surface area contributed by atoms with Crippen LogP contribution in [0.5, 0.6) is 5.75 Å². The first-order valence-corrected chi connectivity index (χ1v) is 5.69. The van der Waals surface area contributed by atoms with Crippen molar-refractivity contribution in [1.29, 1.82) is 0 Å². The Morgan fingerprint density at radius 2 is 2.17 bits per heavy atom. The zero-order chi connectivity index (χ0) is 13.3. The molecule has 1 N–H and O–H groups in total. The van der Waals surface area contributed by atoms with Crippen LogP contribution in [0.25, 0.3) is 11.0 Å². The molecule has 0 aliphatic heterocycles. The number of hydrogen-bond donors (Lipinski definition) is 1. The molecule has 96 valence electrons. The molecule has 1 aromatic carbocycles. The summed E-state index contributed by atoms with van der Waals surface area (Å²) in [7, 11) is 0. The van der Waals surface area contributed by atoms with Crippen LogP contribution in [0.2, 0.25) is 0 Å². The van der Waals surface area contributed by atoms with E-state index < -0.39 is 5.41 Å². The monoisotopic (exact) mass is 248 g/mol. The molecule has 0 atom stereocenters. The molecule has 0 saturated heterocycles. The van der Waals surface area contributed by atoms with Crippen molar-refractivity contribution in [1.82, 2.24) is 9.55 Å². The SMILES string of the molecule is CC(C)(C)C(=O)OCn1cnc2cc(O)ccc21. The number of phenols is 1. The Labute approximate surface area is 105 Å². The van der Waals surface area contributed by atoms with Gasteiger partial charge >= 0.3 is 5.97 Å². The number of nitrogens with zero attached hydrogens (tertiary/aromatic N) is 2. The van der Waals surface area contributed by atoms with E-state index in [4.69, 9.17) is 4.74 Å². The molecule has 0 spiro atoms. The molecule has 2 aromatic rings. The van der Waals surface area contributed by atoms with Gasteiger partial charge in [-0.2, -0.15) is 0 Å². The molecule has 0 aliphatic rings. The molecule has 0 bridgehead atoms. The predicted octanol–water partition coefficient (Wildman–Crippen LogP) is 2.29. The van der Waals surface area contributed by atoms with Crippen molar-refractivity contribution in [2.45, 2.75) is 27.5 Å². The summed E-state index contributed by atoms with van der Waals surface area (Å²) in [5, 5.41) is 9.33. The Morgan fingerprint density at radius 3 is 2.83 bits per heavy atom. The van der Waals surface area contributed by atoms with E-state index in [2.05, 4.69) is 4.98 Å². The van der Waals surface area contributed by atoms with Gasteiger partial charge in [0.2, 0.25) is 0 Å². The molecule has 5 nitrogen and oxygen atoms in total. The van der Waals surface area contributed by atoms with Gasteiger partial charge < -0.3 is 9.84 Å². The van der Waals surface area contributed by atoms with Gasteiger partial charge in [-0.15, -0.1) is 0 Å². The van der Waals surface area contributed by atoms with Crippen LogP contribution in [0.15, 0.2) is 24.5 Å². The maximum absolute atomic E-state index is 11.7. The van der Waals surface area contributed by atoms with E-state index in [0.29, 0.717) is 5.52 Å². The fraction of sp³-hybridized carbons (Fsp3) is 0.385. The Balaban J connectivity index is 2.16. The molecule has 0 aliphatic carbocycles. The van der Waals surface area contributed by atoms with Crippen molar-refractivity contribution in [2.75, 3.05) is 0 Å². The second-order valence-electron chi connectivity index (χ2n) is 5.20. The topological polar surface area (TPSA) is 64.4 Å². The largest absolute Gasteiger partial charge is 0.508 e. The summed E-state index contributed by atoms with van der Waals surface area (Å²) in [4.78, 5) is 15.8. The second kappa shape index (κ2) is 4.33. The molecule has 0 fully saturated rings. The van der Waals surface area contributed by atoms with E-state index in [9.17, 15) is 9.90 Å². The van der Waals surface area contributed by atoms with E-state index in [1.54, 1.807) is 49.9 Å². The number of carbonyl (C=O) groups is 1. The number of esters is 1. The molecule has 0 saturated carbocycles.